The first kappa shape index (κ1) is 23.4. The summed E-state index contributed by atoms with van der Waals surface area (Å²) in [7, 11) is 0. The molecule has 4 rings (SSSR count). The fourth-order valence-electron chi connectivity index (χ4n) is 4.30. The molecule has 8 heteroatoms. The van der Waals surface area contributed by atoms with Crippen LogP contribution in [-0.2, 0) is 17.8 Å². The van der Waals surface area contributed by atoms with E-state index in [1.165, 1.54) is 11.1 Å². The predicted octanol–water partition coefficient (Wildman–Crippen LogP) is 2.77. The third kappa shape index (κ3) is 6.21. The molecule has 3 heterocycles. The molecular formula is C25H36N6O2. The number of hydrogen-bond donors (Lipinski definition) is 1. The third-order valence-electron chi connectivity index (χ3n) is 6.31. The second kappa shape index (κ2) is 10.9. The summed E-state index contributed by atoms with van der Waals surface area (Å²) in [6, 6.07) is 10.4. The third-order valence-corrected chi connectivity index (χ3v) is 6.31. The van der Waals surface area contributed by atoms with Gasteiger partial charge >= 0.3 is 6.03 Å². The lowest BCUT2D eigenvalue weighted by atomic mass is 10.1. The van der Waals surface area contributed by atoms with Gasteiger partial charge in [-0.2, -0.15) is 0 Å². The van der Waals surface area contributed by atoms with E-state index in [9.17, 15) is 4.79 Å². The molecule has 2 aromatic rings. The van der Waals surface area contributed by atoms with Gasteiger partial charge in [-0.25, -0.2) is 14.8 Å². The molecular weight excluding hydrogens is 416 g/mol. The molecule has 0 radical (unpaired) electrons. The lowest BCUT2D eigenvalue weighted by molar-refractivity contribution is 0.0340. The summed E-state index contributed by atoms with van der Waals surface area (Å²) in [5.41, 5.74) is 3.43. The number of aryl methyl sites for hydroxylation is 1. The van der Waals surface area contributed by atoms with Gasteiger partial charge in [0.05, 0.1) is 13.2 Å². The first-order valence-corrected chi connectivity index (χ1v) is 12.0. The molecule has 0 atom stereocenters. The van der Waals surface area contributed by atoms with Gasteiger partial charge < -0.3 is 19.9 Å². The van der Waals surface area contributed by atoms with Crippen molar-refractivity contribution in [2.75, 3.05) is 57.4 Å². The van der Waals surface area contributed by atoms with E-state index in [4.69, 9.17) is 9.72 Å². The molecule has 0 spiro atoms. The van der Waals surface area contributed by atoms with E-state index >= 15 is 0 Å². The topological polar surface area (TPSA) is 73.8 Å². The lowest BCUT2D eigenvalue weighted by Gasteiger charge is -2.35. The van der Waals surface area contributed by atoms with Crippen molar-refractivity contribution in [1.82, 2.24) is 25.1 Å². The molecule has 0 unspecified atom stereocenters. The van der Waals surface area contributed by atoms with Crippen LogP contribution in [-0.4, -0.2) is 78.3 Å². The Morgan fingerprint density at radius 2 is 1.73 bits per heavy atom. The van der Waals surface area contributed by atoms with E-state index in [1.54, 1.807) is 0 Å². The fraction of sp³-hybridized carbons (Fsp3) is 0.560. The number of urea groups is 1. The van der Waals surface area contributed by atoms with E-state index in [-0.39, 0.29) is 6.03 Å². The highest BCUT2D eigenvalue weighted by Crippen LogP contribution is 2.19. The van der Waals surface area contributed by atoms with Crippen LogP contribution in [0.5, 0.6) is 0 Å². The summed E-state index contributed by atoms with van der Waals surface area (Å²) in [4.78, 5) is 28.7. The molecule has 2 aliphatic rings. The summed E-state index contributed by atoms with van der Waals surface area (Å²) in [5, 5.41) is 3.13. The van der Waals surface area contributed by atoms with E-state index < -0.39 is 0 Å². The van der Waals surface area contributed by atoms with E-state index in [2.05, 4.69) is 52.1 Å². The van der Waals surface area contributed by atoms with Gasteiger partial charge in [0.25, 0.3) is 0 Å². The minimum atomic E-state index is -0.00226. The molecule has 8 nitrogen and oxygen atoms in total. The van der Waals surface area contributed by atoms with E-state index in [0.29, 0.717) is 25.6 Å². The largest absolute Gasteiger partial charge is 0.379 e. The van der Waals surface area contributed by atoms with Crippen molar-refractivity contribution in [2.24, 2.45) is 0 Å². The Morgan fingerprint density at radius 1 is 1.03 bits per heavy atom. The molecule has 2 aliphatic heterocycles. The Balaban J connectivity index is 1.30. The number of nitrogens with one attached hydrogen (secondary N) is 1. The number of piperazine rings is 1. The number of aromatic nitrogens is 2. The summed E-state index contributed by atoms with van der Waals surface area (Å²) in [6.07, 6.45) is 0. The zero-order valence-electron chi connectivity index (χ0n) is 20.1. The summed E-state index contributed by atoms with van der Waals surface area (Å²) in [6.45, 7) is 14.1. The number of carbonyl (C=O) groups excluding carboxylic acids is 1. The number of benzene rings is 1. The summed E-state index contributed by atoms with van der Waals surface area (Å²) < 4.78 is 5.46. The van der Waals surface area contributed by atoms with Crippen molar-refractivity contribution < 1.29 is 9.53 Å². The highest BCUT2D eigenvalue weighted by Gasteiger charge is 2.23. The zero-order chi connectivity index (χ0) is 23.2. The summed E-state index contributed by atoms with van der Waals surface area (Å²) >= 11 is 0. The maximum absolute atomic E-state index is 12.9. The van der Waals surface area contributed by atoms with Crippen LogP contribution in [0.1, 0.15) is 42.4 Å². The Bertz CT molecular complexity index is 936. The molecule has 2 amide bonds. The molecule has 0 aliphatic carbocycles. The lowest BCUT2D eigenvalue weighted by Crippen LogP contribution is -2.52. The van der Waals surface area contributed by atoms with Gasteiger partial charge in [-0.1, -0.05) is 38.1 Å². The average molecular weight is 453 g/mol. The minimum absolute atomic E-state index is 0.00226. The molecule has 0 bridgehead atoms. The average Bonchev–Trinajstić information content (AvgIpc) is 2.83. The van der Waals surface area contributed by atoms with Crippen molar-refractivity contribution in [3.05, 3.63) is 53.0 Å². The number of rotatable bonds is 6. The van der Waals surface area contributed by atoms with Gasteiger partial charge in [0.15, 0.2) is 0 Å². The smallest absolute Gasteiger partial charge is 0.317 e. The second-order valence-corrected chi connectivity index (χ2v) is 9.17. The number of nitrogens with zero attached hydrogens (tertiary/aromatic N) is 5. The van der Waals surface area contributed by atoms with E-state index in [1.807, 2.05) is 24.0 Å². The maximum Gasteiger partial charge on any atom is 0.317 e. The zero-order valence-corrected chi connectivity index (χ0v) is 20.1. The normalized spacial score (nSPS) is 17.5. The SMILES string of the molecule is Cc1cc(N2CCN(C(=O)NCc3ccccc3CN3CCOCC3)CC2)nc(C(C)C)n1. The number of carbonyl (C=O) groups is 1. The highest BCUT2D eigenvalue weighted by atomic mass is 16.5. The van der Waals surface area contributed by atoms with Crippen LogP contribution >= 0.6 is 0 Å². The molecule has 2 saturated heterocycles. The van der Waals surface area contributed by atoms with Gasteiger partial charge in [-0.05, 0) is 18.1 Å². The molecule has 1 aromatic carbocycles. The van der Waals surface area contributed by atoms with Crippen molar-refractivity contribution in [1.29, 1.82) is 0 Å². The van der Waals surface area contributed by atoms with Crippen molar-refractivity contribution in [3.63, 3.8) is 0 Å². The molecule has 33 heavy (non-hydrogen) atoms. The number of hydrogen-bond acceptors (Lipinski definition) is 6. The number of ether oxygens (including phenoxy) is 1. The minimum Gasteiger partial charge on any atom is -0.379 e. The predicted molar refractivity (Wildman–Crippen MR) is 129 cm³/mol. The van der Waals surface area contributed by atoms with Crippen LogP contribution in [0.15, 0.2) is 30.3 Å². The molecule has 178 valence electrons. The monoisotopic (exact) mass is 452 g/mol. The summed E-state index contributed by atoms with van der Waals surface area (Å²) in [5.74, 6) is 2.13. The van der Waals surface area contributed by atoms with Gasteiger partial charge in [0.2, 0.25) is 0 Å². The molecule has 2 fully saturated rings. The highest BCUT2D eigenvalue weighted by molar-refractivity contribution is 5.74. The van der Waals surface area contributed by atoms with Crippen molar-refractivity contribution >= 4 is 11.8 Å². The van der Waals surface area contributed by atoms with Crippen molar-refractivity contribution in [2.45, 2.75) is 39.8 Å². The first-order valence-electron chi connectivity index (χ1n) is 12.0. The number of amides is 2. The first-order chi connectivity index (χ1) is 16.0. The Kier molecular flexibility index (Phi) is 7.77. The van der Waals surface area contributed by atoms with Crippen LogP contribution in [0, 0.1) is 6.92 Å². The Morgan fingerprint density at radius 3 is 2.42 bits per heavy atom. The Labute approximate surface area is 196 Å². The maximum atomic E-state index is 12.9. The van der Waals surface area contributed by atoms with Gasteiger partial charge in [0, 0.05) is 70.0 Å². The number of morpholine rings is 1. The quantitative estimate of drug-likeness (QED) is 0.727. The van der Waals surface area contributed by atoms with Gasteiger partial charge in [-0.15, -0.1) is 0 Å². The standard InChI is InChI=1S/C25H36N6O2/c1-19(2)24-27-20(3)16-23(28-24)30-8-10-31(11-9-30)25(32)26-17-21-6-4-5-7-22(21)18-29-12-14-33-15-13-29/h4-7,16,19H,8-15,17-18H2,1-3H3,(H,26,32). The molecule has 0 saturated carbocycles. The van der Waals surface area contributed by atoms with Crippen molar-refractivity contribution in [3.8, 4) is 0 Å². The van der Waals surface area contributed by atoms with Gasteiger partial charge in [-0.3, -0.25) is 4.90 Å². The molecule has 1 N–H and O–H groups in total. The second-order valence-electron chi connectivity index (χ2n) is 9.17. The molecule has 1 aromatic heterocycles. The van der Waals surface area contributed by atoms with Crippen LogP contribution in [0.3, 0.4) is 0 Å². The van der Waals surface area contributed by atoms with Crippen LogP contribution < -0.4 is 10.2 Å². The van der Waals surface area contributed by atoms with Gasteiger partial charge in [0.1, 0.15) is 11.6 Å². The van der Waals surface area contributed by atoms with E-state index in [0.717, 1.165) is 63.3 Å². The fourth-order valence-corrected chi connectivity index (χ4v) is 4.30. The number of anilines is 1. The van der Waals surface area contributed by atoms with Crippen LogP contribution in [0.2, 0.25) is 0 Å². The Hall–Kier alpha value is -2.71. The van der Waals surface area contributed by atoms with Crippen LogP contribution in [0.4, 0.5) is 10.6 Å². The van der Waals surface area contributed by atoms with Crippen LogP contribution in [0.25, 0.3) is 0 Å².